The molecule has 3 rings (SSSR count). The second-order valence-corrected chi connectivity index (χ2v) is 8.10. The van der Waals surface area contributed by atoms with Crippen LogP contribution in [0.5, 0.6) is 5.75 Å². The predicted octanol–water partition coefficient (Wildman–Crippen LogP) is 5.81. The fourth-order valence-electron chi connectivity index (χ4n) is 3.45. The third kappa shape index (κ3) is 3.92. The van der Waals surface area contributed by atoms with Gasteiger partial charge in [0.25, 0.3) is 0 Å². The van der Waals surface area contributed by atoms with Crippen LogP contribution in [0.25, 0.3) is 11.0 Å². The standard InChI is InChI=1S/C23H30N2O/c1-17-11-10-12-18(2)21(17)26-16-9-8-15-25-20-14-7-6-13-19(20)24-22(25)23(3,4)5/h6-7,10-14H,8-9,15-16H2,1-5H3. The number of para-hydroxylation sites is 3. The van der Waals surface area contributed by atoms with E-state index in [-0.39, 0.29) is 5.41 Å². The van der Waals surface area contributed by atoms with Crippen molar-refractivity contribution in [2.45, 2.75) is 59.4 Å². The summed E-state index contributed by atoms with van der Waals surface area (Å²) in [6.07, 6.45) is 2.11. The van der Waals surface area contributed by atoms with E-state index in [1.807, 2.05) is 0 Å². The van der Waals surface area contributed by atoms with Gasteiger partial charge in [-0.15, -0.1) is 0 Å². The van der Waals surface area contributed by atoms with E-state index in [0.717, 1.165) is 43.1 Å². The van der Waals surface area contributed by atoms with Crippen molar-refractivity contribution < 1.29 is 4.74 Å². The number of rotatable bonds is 6. The zero-order valence-corrected chi connectivity index (χ0v) is 16.7. The third-order valence-corrected chi connectivity index (χ3v) is 4.76. The molecule has 0 unspecified atom stereocenters. The van der Waals surface area contributed by atoms with Crippen molar-refractivity contribution in [2.24, 2.45) is 0 Å². The summed E-state index contributed by atoms with van der Waals surface area (Å²) >= 11 is 0. The quantitative estimate of drug-likeness (QED) is 0.525. The molecule has 0 fully saturated rings. The summed E-state index contributed by atoms with van der Waals surface area (Å²) in [6, 6.07) is 14.7. The second-order valence-electron chi connectivity index (χ2n) is 8.10. The van der Waals surface area contributed by atoms with Crippen LogP contribution in [-0.4, -0.2) is 16.2 Å². The Morgan fingerprint density at radius 3 is 2.31 bits per heavy atom. The van der Waals surface area contributed by atoms with Crippen LogP contribution in [0, 0.1) is 13.8 Å². The van der Waals surface area contributed by atoms with Crippen molar-refractivity contribution in [3.63, 3.8) is 0 Å². The molecule has 0 atom stereocenters. The summed E-state index contributed by atoms with van der Waals surface area (Å²) in [7, 11) is 0. The first-order valence-electron chi connectivity index (χ1n) is 9.52. The van der Waals surface area contributed by atoms with Crippen LogP contribution < -0.4 is 4.74 Å². The lowest BCUT2D eigenvalue weighted by atomic mass is 9.95. The molecule has 1 aromatic heterocycles. The highest BCUT2D eigenvalue weighted by molar-refractivity contribution is 5.76. The van der Waals surface area contributed by atoms with Crippen molar-refractivity contribution >= 4 is 11.0 Å². The molecule has 0 saturated heterocycles. The predicted molar refractivity (Wildman–Crippen MR) is 109 cm³/mol. The maximum Gasteiger partial charge on any atom is 0.125 e. The SMILES string of the molecule is Cc1cccc(C)c1OCCCCn1c(C(C)(C)C)nc2ccccc21. The molecule has 0 aliphatic rings. The minimum atomic E-state index is 0.0355. The molecular weight excluding hydrogens is 320 g/mol. The number of hydrogen-bond acceptors (Lipinski definition) is 2. The third-order valence-electron chi connectivity index (χ3n) is 4.76. The highest BCUT2D eigenvalue weighted by atomic mass is 16.5. The summed E-state index contributed by atoms with van der Waals surface area (Å²) in [5, 5.41) is 0. The highest BCUT2D eigenvalue weighted by Gasteiger charge is 2.22. The topological polar surface area (TPSA) is 27.1 Å². The van der Waals surface area contributed by atoms with Gasteiger partial charge in [-0.1, -0.05) is 51.1 Å². The van der Waals surface area contributed by atoms with E-state index >= 15 is 0 Å². The number of fused-ring (bicyclic) bond motifs is 1. The number of aryl methyl sites for hydroxylation is 3. The molecule has 0 saturated carbocycles. The molecule has 138 valence electrons. The summed E-state index contributed by atoms with van der Waals surface area (Å²) < 4.78 is 8.43. The van der Waals surface area contributed by atoms with E-state index in [1.54, 1.807) is 0 Å². The lowest BCUT2D eigenvalue weighted by molar-refractivity contribution is 0.299. The molecule has 3 heteroatoms. The van der Waals surface area contributed by atoms with Gasteiger partial charge in [0.15, 0.2) is 0 Å². The van der Waals surface area contributed by atoms with E-state index in [9.17, 15) is 0 Å². The molecule has 0 radical (unpaired) electrons. The molecule has 26 heavy (non-hydrogen) atoms. The van der Waals surface area contributed by atoms with Crippen molar-refractivity contribution in [3.8, 4) is 5.75 Å². The Balaban J connectivity index is 1.65. The maximum atomic E-state index is 6.05. The lowest BCUT2D eigenvalue weighted by Crippen LogP contribution is -2.19. The number of ether oxygens (including phenoxy) is 1. The zero-order valence-electron chi connectivity index (χ0n) is 16.7. The summed E-state index contributed by atoms with van der Waals surface area (Å²) in [5.74, 6) is 2.20. The Bertz CT molecular complexity index is 867. The van der Waals surface area contributed by atoms with Gasteiger partial charge in [-0.05, 0) is 49.9 Å². The fourth-order valence-corrected chi connectivity index (χ4v) is 3.45. The normalized spacial score (nSPS) is 11.9. The smallest absolute Gasteiger partial charge is 0.125 e. The minimum Gasteiger partial charge on any atom is -0.493 e. The summed E-state index contributed by atoms with van der Waals surface area (Å²) in [6.45, 7) is 12.6. The summed E-state index contributed by atoms with van der Waals surface area (Å²) in [4.78, 5) is 4.89. The van der Waals surface area contributed by atoms with Crippen LogP contribution in [0.2, 0.25) is 0 Å². The van der Waals surface area contributed by atoms with Gasteiger partial charge in [0, 0.05) is 12.0 Å². The Labute approximate surface area is 157 Å². The largest absolute Gasteiger partial charge is 0.493 e. The second kappa shape index (κ2) is 7.53. The van der Waals surface area contributed by atoms with Crippen molar-refractivity contribution in [1.82, 2.24) is 9.55 Å². The first-order chi connectivity index (χ1) is 12.4. The van der Waals surface area contributed by atoms with Crippen LogP contribution in [-0.2, 0) is 12.0 Å². The average molecular weight is 351 g/mol. The zero-order chi connectivity index (χ0) is 18.7. The van der Waals surface area contributed by atoms with Gasteiger partial charge >= 0.3 is 0 Å². The van der Waals surface area contributed by atoms with Gasteiger partial charge in [0.2, 0.25) is 0 Å². The molecule has 3 nitrogen and oxygen atoms in total. The van der Waals surface area contributed by atoms with Crippen LogP contribution >= 0.6 is 0 Å². The number of benzene rings is 2. The van der Waals surface area contributed by atoms with Crippen molar-refractivity contribution in [2.75, 3.05) is 6.61 Å². The number of aromatic nitrogens is 2. The van der Waals surface area contributed by atoms with E-state index in [2.05, 4.69) is 81.7 Å². The molecular formula is C23H30N2O. The van der Waals surface area contributed by atoms with Crippen LogP contribution in [0.3, 0.4) is 0 Å². The first-order valence-corrected chi connectivity index (χ1v) is 9.52. The van der Waals surface area contributed by atoms with Gasteiger partial charge in [-0.3, -0.25) is 0 Å². The Kier molecular flexibility index (Phi) is 5.36. The molecule has 0 N–H and O–H groups in total. The molecule has 0 bridgehead atoms. The van der Waals surface area contributed by atoms with E-state index < -0.39 is 0 Å². The Hall–Kier alpha value is -2.29. The molecule has 0 aliphatic carbocycles. The van der Waals surface area contributed by atoms with Gasteiger partial charge in [-0.25, -0.2) is 4.98 Å². The fraction of sp³-hybridized carbons (Fsp3) is 0.435. The number of hydrogen-bond donors (Lipinski definition) is 0. The molecule has 0 aliphatic heterocycles. The van der Waals surface area contributed by atoms with Crippen LogP contribution in [0.15, 0.2) is 42.5 Å². The van der Waals surface area contributed by atoms with Crippen LogP contribution in [0.1, 0.15) is 50.6 Å². The van der Waals surface area contributed by atoms with Crippen molar-refractivity contribution in [1.29, 1.82) is 0 Å². The molecule has 3 aromatic rings. The minimum absolute atomic E-state index is 0.0355. The van der Waals surface area contributed by atoms with Gasteiger partial charge in [-0.2, -0.15) is 0 Å². The maximum absolute atomic E-state index is 6.05. The Morgan fingerprint density at radius 2 is 1.62 bits per heavy atom. The van der Waals surface area contributed by atoms with Gasteiger partial charge < -0.3 is 9.30 Å². The molecule has 2 aromatic carbocycles. The first kappa shape index (κ1) is 18.5. The average Bonchev–Trinajstić information content (AvgIpc) is 2.96. The number of imidazole rings is 1. The van der Waals surface area contributed by atoms with Crippen molar-refractivity contribution in [3.05, 3.63) is 59.4 Å². The molecule has 0 amide bonds. The van der Waals surface area contributed by atoms with E-state index in [0.29, 0.717) is 0 Å². The Morgan fingerprint density at radius 1 is 0.923 bits per heavy atom. The lowest BCUT2D eigenvalue weighted by Gasteiger charge is -2.20. The highest BCUT2D eigenvalue weighted by Crippen LogP contribution is 2.27. The molecule has 0 spiro atoms. The number of nitrogens with zero attached hydrogens (tertiary/aromatic N) is 2. The summed E-state index contributed by atoms with van der Waals surface area (Å²) in [5.41, 5.74) is 4.77. The van der Waals surface area contributed by atoms with Crippen LogP contribution in [0.4, 0.5) is 0 Å². The number of unbranched alkanes of at least 4 members (excludes halogenated alkanes) is 1. The monoisotopic (exact) mass is 350 g/mol. The van der Waals surface area contributed by atoms with E-state index in [1.165, 1.54) is 16.6 Å². The van der Waals surface area contributed by atoms with Gasteiger partial charge in [0.1, 0.15) is 11.6 Å². The van der Waals surface area contributed by atoms with Gasteiger partial charge in [0.05, 0.1) is 17.6 Å². The van der Waals surface area contributed by atoms with E-state index in [4.69, 9.17) is 9.72 Å². The molecule has 1 heterocycles.